The maximum absolute atomic E-state index is 9.52. The van der Waals surface area contributed by atoms with E-state index in [1.807, 2.05) is 0 Å². The molecule has 3 heteroatoms. The summed E-state index contributed by atoms with van der Waals surface area (Å²) in [5, 5.41) is 9.52. The second kappa shape index (κ2) is 2.25. The molecule has 1 fully saturated rings. The van der Waals surface area contributed by atoms with Crippen LogP contribution in [0, 0.1) is 0 Å². The third-order valence-electron chi connectivity index (χ3n) is 1.88. The second-order valence-electron chi connectivity index (χ2n) is 2.69. The first-order chi connectivity index (χ1) is 4.15. The summed E-state index contributed by atoms with van der Waals surface area (Å²) in [6.45, 7) is 2.83. The summed E-state index contributed by atoms with van der Waals surface area (Å²) in [6.07, 6.45) is 0.671. The fraction of sp³-hybridized carbons (Fsp3) is 1.00. The molecule has 1 rings (SSSR count). The zero-order valence-electron chi connectivity index (χ0n) is 5.63. The summed E-state index contributed by atoms with van der Waals surface area (Å²) >= 11 is 0. The molecule has 54 valence electrons. The van der Waals surface area contributed by atoms with E-state index in [4.69, 9.17) is 10.5 Å². The first-order valence-electron chi connectivity index (χ1n) is 3.21. The first-order valence-corrected chi connectivity index (χ1v) is 3.21. The number of ether oxygens (including phenoxy) is 1. The number of aliphatic hydroxyl groups is 1. The molecule has 0 bridgehead atoms. The van der Waals surface area contributed by atoms with Crippen molar-refractivity contribution in [3.63, 3.8) is 0 Å². The molecule has 3 N–H and O–H groups in total. The zero-order valence-corrected chi connectivity index (χ0v) is 5.63. The minimum absolute atomic E-state index is 0.181. The van der Waals surface area contributed by atoms with Crippen molar-refractivity contribution >= 4 is 0 Å². The minimum Gasteiger partial charge on any atom is -0.386 e. The standard InChI is InChI=1S/C6H13NO2/c1-5(7)6(8)2-3-9-4-6/h5,8H,2-4,7H2,1H3. The summed E-state index contributed by atoms with van der Waals surface area (Å²) in [4.78, 5) is 0. The van der Waals surface area contributed by atoms with Gasteiger partial charge in [0, 0.05) is 19.1 Å². The van der Waals surface area contributed by atoms with Gasteiger partial charge in [0.2, 0.25) is 0 Å². The van der Waals surface area contributed by atoms with Crippen molar-refractivity contribution < 1.29 is 9.84 Å². The summed E-state index contributed by atoms with van der Waals surface area (Å²) in [6, 6.07) is -0.181. The Morgan fingerprint density at radius 2 is 2.44 bits per heavy atom. The lowest BCUT2D eigenvalue weighted by atomic mass is 9.96. The van der Waals surface area contributed by atoms with Crippen molar-refractivity contribution in [2.75, 3.05) is 13.2 Å². The molecule has 0 aliphatic carbocycles. The van der Waals surface area contributed by atoms with Crippen molar-refractivity contribution in [2.24, 2.45) is 5.73 Å². The van der Waals surface area contributed by atoms with E-state index in [0.717, 1.165) is 0 Å². The summed E-state index contributed by atoms with van der Waals surface area (Å²) < 4.78 is 4.99. The average Bonchev–Trinajstić information content (AvgIpc) is 2.16. The highest BCUT2D eigenvalue weighted by molar-refractivity contribution is 4.89. The van der Waals surface area contributed by atoms with Crippen molar-refractivity contribution in [1.82, 2.24) is 0 Å². The zero-order chi connectivity index (χ0) is 6.91. The molecule has 0 saturated carbocycles. The Morgan fingerprint density at radius 3 is 2.67 bits per heavy atom. The van der Waals surface area contributed by atoms with Crippen LogP contribution in [0.25, 0.3) is 0 Å². The Hall–Kier alpha value is -0.120. The number of hydrogen-bond donors (Lipinski definition) is 2. The van der Waals surface area contributed by atoms with Crippen LogP contribution in [-0.2, 0) is 4.74 Å². The highest BCUT2D eigenvalue weighted by Crippen LogP contribution is 2.20. The quantitative estimate of drug-likeness (QED) is 0.503. The van der Waals surface area contributed by atoms with Gasteiger partial charge >= 0.3 is 0 Å². The van der Waals surface area contributed by atoms with E-state index >= 15 is 0 Å². The predicted molar refractivity (Wildman–Crippen MR) is 34.0 cm³/mol. The Labute approximate surface area is 54.8 Å². The maximum atomic E-state index is 9.52. The fourth-order valence-corrected chi connectivity index (χ4v) is 0.929. The van der Waals surface area contributed by atoms with Crippen molar-refractivity contribution in [3.8, 4) is 0 Å². The van der Waals surface area contributed by atoms with Gasteiger partial charge in [-0.15, -0.1) is 0 Å². The lowest BCUT2D eigenvalue weighted by molar-refractivity contribution is 0.00906. The Morgan fingerprint density at radius 1 is 1.78 bits per heavy atom. The van der Waals surface area contributed by atoms with Gasteiger partial charge in [-0.05, 0) is 6.92 Å². The molecule has 0 amide bonds. The molecular weight excluding hydrogens is 118 g/mol. The van der Waals surface area contributed by atoms with Crippen LogP contribution in [0.3, 0.4) is 0 Å². The molecule has 3 nitrogen and oxygen atoms in total. The maximum Gasteiger partial charge on any atom is 0.105 e. The molecule has 9 heavy (non-hydrogen) atoms. The minimum atomic E-state index is -0.750. The van der Waals surface area contributed by atoms with Gasteiger partial charge in [-0.2, -0.15) is 0 Å². The van der Waals surface area contributed by atoms with E-state index < -0.39 is 5.60 Å². The van der Waals surface area contributed by atoms with Gasteiger partial charge < -0.3 is 15.6 Å². The van der Waals surface area contributed by atoms with Crippen molar-refractivity contribution in [1.29, 1.82) is 0 Å². The summed E-state index contributed by atoms with van der Waals surface area (Å²) in [5.74, 6) is 0. The predicted octanol–water partition coefficient (Wildman–Crippen LogP) is -0.515. The highest BCUT2D eigenvalue weighted by Gasteiger charge is 2.35. The largest absolute Gasteiger partial charge is 0.386 e. The molecule has 1 heterocycles. The fourth-order valence-electron chi connectivity index (χ4n) is 0.929. The van der Waals surface area contributed by atoms with Crippen LogP contribution in [0.4, 0.5) is 0 Å². The molecule has 2 atom stereocenters. The van der Waals surface area contributed by atoms with Gasteiger partial charge in [-0.25, -0.2) is 0 Å². The second-order valence-corrected chi connectivity index (χ2v) is 2.69. The van der Waals surface area contributed by atoms with E-state index in [1.165, 1.54) is 0 Å². The van der Waals surface area contributed by atoms with Gasteiger partial charge in [0.15, 0.2) is 0 Å². The highest BCUT2D eigenvalue weighted by atomic mass is 16.5. The van der Waals surface area contributed by atoms with Gasteiger partial charge in [0.05, 0.1) is 6.61 Å². The van der Waals surface area contributed by atoms with E-state index in [-0.39, 0.29) is 6.04 Å². The molecule has 0 aromatic carbocycles. The molecule has 2 unspecified atom stereocenters. The summed E-state index contributed by atoms with van der Waals surface area (Å²) in [5.41, 5.74) is 4.75. The number of nitrogens with two attached hydrogens (primary N) is 1. The Kier molecular flexibility index (Phi) is 1.75. The van der Waals surface area contributed by atoms with Crippen molar-refractivity contribution in [2.45, 2.75) is 25.0 Å². The van der Waals surface area contributed by atoms with E-state index in [0.29, 0.717) is 19.6 Å². The van der Waals surface area contributed by atoms with Gasteiger partial charge in [0.25, 0.3) is 0 Å². The number of rotatable bonds is 1. The lowest BCUT2D eigenvalue weighted by Gasteiger charge is -2.24. The SMILES string of the molecule is CC(N)C1(O)CCOC1. The number of hydrogen-bond acceptors (Lipinski definition) is 3. The monoisotopic (exact) mass is 131 g/mol. The van der Waals surface area contributed by atoms with Crippen LogP contribution in [-0.4, -0.2) is 30.0 Å². The third-order valence-corrected chi connectivity index (χ3v) is 1.88. The van der Waals surface area contributed by atoms with E-state index in [9.17, 15) is 5.11 Å². The Bertz CT molecular complexity index is 97.2. The Balaban J connectivity index is 2.51. The van der Waals surface area contributed by atoms with Crippen molar-refractivity contribution in [3.05, 3.63) is 0 Å². The first kappa shape index (κ1) is 6.99. The summed E-state index contributed by atoms with van der Waals surface area (Å²) in [7, 11) is 0. The van der Waals surface area contributed by atoms with Gasteiger partial charge in [0.1, 0.15) is 5.60 Å². The third kappa shape index (κ3) is 1.23. The lowest BCUT2D eigenvalue weighted by Crippen LogP contribution is -2.46. The van der Waals surface area contributed by atoms with Crippen LogP contribution >= 0.6 is 0 Å². The van der Waals surface area contributed by atoms with Crippen LogP contribution in [0.1, 0.15) is 13.3 Å². The van der Waals surface area contributed by atoms with E-state index in [2.05, 4.69) is 0 Å². The van der Waals surface area contributed by atoms with Gasteiger partial charge in [-0.3, -0.25) is 0 Å². The van der Waals surface area contributed by atoms with Crippen LogP contribution in [0.5, 0.6) is 0 Å². The van der Waals surface area contributed by atoms with Crippen LogP contribution in [0.2, 0.25) is 0 Å². The van der Waals surface area contributed by atoms with Crippen LogP contribution < -0.4 is 5.73 Å². The normalized spacial score (nSPS) is 39.0. The molecule has 1 saturated heterocycles. The molecule has 0 radical (unpaired) electrons. The topological polar surface area (TPSA) is 55.5 Å². The molecule has 1 aliphatic heterocycles. The van der Waals surface area contributed by atoms with Crippen LogP contribution in [0.15, 0.2) is 0 Å². The molecule has 0 spiro atoms. The molecule has 0 aromatic rings. The molecule has 0 aromatic heterocycles. The average molecular weight is 131 g/mol. The van der Waals surface area contributed by atoms with E-state index in [1.54, 1.807) is 6.92 Å². The van der Waals surface area contributed by atoms with Gasteiger partial charge in [-0.1, -0.05) is 0 Å². The smallest absolute Gasteiger partial charge is 0.105 e. The molecular formula is C6H13NO2. The molecule has 1 aliphatic rings.